The molecule has 1 unspecified atom stereocenters. The SMILES string of the molecule is CC(C)ON=C(c1ccc(OC(F)(F)F)cc1)C(F)n1cncn1. The Morgan fingerprint density at radius 3 is 2.38 bits per heavy atom. The zero-order valence-corrected chi connectivity index (χ0v) is 12.7. The normalized spacial score (nSPS) is 13.9. The van der Waals surface area contributed by atoms with Gasteiger partial charge in [-0.3, -0.25) is 0 Å². The van der Waals surface area contributed by atoms with Crippen LogP contribution in [0.1, 0.15) is 25.7 Å². The topological polar surface area (TPSA) is 61.5 Å². The van der Waals surface area contributed by atoms with E-state index in [1.54, 1.807) is 13.8 Å². The van der Waals surface area contributed by atoms with Gasteiger partial charge < -0.3 is 9.57 Å². The summed E-state index contributed by atoms with van der Waals surface area (Å²) >= 11 is 0. The number of benzene rings is 1. The highest BCUT2D eigenvalue weighted by Gasteiger charge is 2.31. The summed E-state index contributed by atoms with van der Waals surface area (Å²) in [7, 11) is 0. The molecule has 1 aromatic carbocycles. The number of ether oxygens (including phenoxy) is 1. The van der Waals surface area contributed by atoms with E-state index in [0.717, 1.165) is 29.5 Å². The van der Waals surface area contributed by atoms with Crippen LogP contribution in [0.3, 0.4) is 0 Å². The number of rotatable bonds is 6. The predicted molar refractivity (Wildman–Crippen MR) is 76.1 cm³/mol. The van der Waals surface area contributed by atoms with E-state index >= 15 is 0 Å². The molecule has 0 saturated carbocycles. The van der Waals surface area contributed by atoms with Crippen molar-refractivity contribution in [3.63, 3.8) is 0 Å². The van der Waals surface area contributed by atoms with Crippen molar-refractivity contribution in [2.75, 3.05) is 0 Å². The van der Waals surface area contributed by atoms with E-state index in [2.05, 4.69) is 20.0 Å². The van der Waals surface area contributed by atoms with Crippen molar-refractivity contribution >= 4 is 5.71 Å². The van der Waals surface area contributed by atoms with E-state index in [9.17, 15) is 17.6 Å². The van der Waals surface area contributed by atoms with Crippen LogP contribution in [0.15, 0.2) is 42.1 Å². The highest BCUT2D eigenvalue weighted by molar-refractivity contribution is 6.02. The molecule has 0 aliphatic heterocycles. The largest absolute Gasteiger partial charge is 0.573 e. The van der Waals surface area contributed by atoms with Gasteiger partial charge in [0.25, 0.3) is 0 Å². The molecule has 0 aliphatic carbocycles. The van der Waals surface area contributed by atoms with E-state index < -0.39 is 18.4 Å². The maximum atomic E-state index is 14.6. The average molecular weight is 346 g/mol. The van der Waals surface area contributed by atoms with Crippen LogP contribution in [0.2, 0.25) is 0 Å². The van der Waals surface area contributed by atoms with Crippen molar-refractivity contribution in [3.05, 3.63) is 42.5 Å². The van der Waals surface area contributed by atoms with E-state index in [0.29, 0.717) is 0 Å². The van der Waals surface area contributed by atoms with Crippen LogP contribution < -0.4 is 4.74 Å². The molecule has 0 saturated heterocycles. The fourth-order valence-corrected chi connectivity index (χ4v) is 1.68. The Bertz CT molecular complexity index is 669. The maximum Gasteiger partial charge on any atom is 0.573 e. The molecular weight excluding hydrogens is 332 g/mol. The lowest BCUT2D eigenvalue weighted by Gasteiger charge is -2.14. The molecule has 0 fully saturated rings. The van der Waals surface area contributed by atoms with Crippen LogP contribution in [0.5, 0.6) is 5.75 Å². The van der Waals surface area contributed by atoms with E-state index in [4.69, 9.17) is 4.84 Å². The third-order valence-corrected chi connectivity index (χ3v) is 2.64. The van der Waals surface area contributed by atoms with Gasteiger partial charge in [-0.1, -0.05) is 5.16 Å². The Balaban J connectivity index is 2.28. The lowest BCUT2D eigenvalue weighted by molar-refractivity contribution is -0.274. The summed E-state index contributed by atoms with van der Waals surface area (Å²) in [6.07, 6.45) is -4.64. The minimum Gasteiger partial charge on any atom is -0.406 e. The molecule has 0 N–H and O–H groups in total. The minimum absolute atomic E-state index is 0.159. The van der Waals surface area contributed by atoms with Gasteiger partial charge in [-0.15, -0.1) is 13.2 Å². The summed E-state index contributed by atoms with van der Waals surface area (Å²) in [5.74, 6) is -0.424. The van der Waals surface area contributed by atoms with Gasteiger partial charge in [0.1, 0.15) is 30.2 Å². The summed E-state index contributed by atoms with van der Waals surface area (Å²) in [4.78, 5) is 8.70. The second kappa shape index (κ2) is 7.28. The van der Waals surface area contributed by atoms with Gasteiger partial charge >= 0.3 is 6.36 Å². The van der Waals surface area contributed by atoms with Crippen LogP contribution in [-0.2, 0) is 4.84 Å². The first-order valence-electron chi connectivity index (χ1n) is 6.84. The van der Waals surface area contributed by atoms with Crippen LogP contribution in [0.4, 0.5) is 17.6 Å². The zero-order valence-electron chi connectivity index (χ0n) is 12.7. The third kappa shape index (κ3) is 4.93. The number of halogens is 4. The molecule has 24 heavy (non-hydrogen) atoms. The molecule has 130 valence electrons. The van der Waals surface area contributed by atoms with Crippen molar-refractivity contribution in [1.29, 1.82) is 0 Å². The molecule has 1 atom stereocenters. The molecule has 1 heterocycles. The Labute approximate surface area is 134 Å². The van der Waals surface area contributed by atoms with Crippen LogP contribution in [0, 0.1) is 0 Å². The lowest BCUT2D eigenvalue weighted by Crippen LogP contribution is -2.19. The first-order valence-corrected chi connectivity index (χ1v) is 6.84. The highest BCUT2D eigenvalue weighted by Crippen LogP contribution is 2.24. The number of alkyl halides is 4. The minimum atomic E-state index is -4.80. The molecule has 0 spiro atoms. The summed E-state index contributed by atoms with van der Waals surface area (Å²) in [5.41, 5.74) is 0.0564. The Morgan fingerprint density at radius 2 is 1.88 bits per heavy atom. The molecule has 0 radical (unpaired) electrons. The van der Waals surface area contributed by atoms with Gasteiger partial charge in [0.15, 0.2) is 0 Å². The molecule has 0 amide bonds. The van der Waals surface area contributed by atoms with Crippen LogP contribution in [0.25, 0.3) is 0 Å². The van der Waals surface area contributed by atoms with Gasteiger partial charge in [0.2, 0.25) is 6.30 Å². The van der Waals surface area contributed by atoms with Crippen molar-refractivity contribution in [3.8, 4) is 5.75 Å². The molecule has 10 heteroatoms. The standard InChI is InChI=1S/C14H14F4N4O2/c1-9(2)24-21-12(13(15)22-8-19-7-20-22)10-3-5-11(6-4-10)23-14(16,17)18/h3-9,13H,1-2H3. The van der Waals surface area contributed by atoms with E-state index in [-0.39, 0.29) is 17.4 Å². The zero-order chi connectivity index (χ0) is 17.7. The average Bonchev–Trinajstić information content (AvgIpc) is 3.01. The second-order valence-corrected chi connectivity index (χ2v) is 4.91. The number of aromatic nitrogens is 3. The van der Waals surface area contributed by atoms with Gasteiger partial charge in [-0.2, -0.15) is 5.10 Å². The van der Waals surface area contributed by atoms with Crippen LogP contribution in [-0.4, -0.2) is 32.9 Å². The lowest BCUT2D eigenvalue weighted by atomic mass is 10.1. The van der Waals surface area contributed by atoms with Crippen molar-refractivity contribution in [2.45, 2.75) is 32.6 Å². The summed E-state index contributed by atoms with van der Waals surface area (Å²) in [6.45, 7) is 3.40. The predicted octanol–water partition coefficient (Wildman–Crippen LogP) is 3.47. The first-order chi connectivity index (χ1) is 11.3. The highest BCUT2D eigenvalue weighted by atomic mass is 19.4. The second-order valence-electron chi connectivity index (χ2n) is 4.91. The quantitative estimate of drug-likeness (QED) is 0.456. The van der Waals surface area contributed by atoms with Gasteiger partial charge in [0.05, 0.1) is 0 Å². The molecule has 0 aliphatic rings. The fraction of sp³-hybridized carbons (Fsp3) is 0.357. The van der Waals surface area contributed by atoms with Crippen molar-refractivity contribution < 1.29 is 27.1 Å². The van der Waals surface area contributed by atoms with Crippen molar-refractivity contribution in [1.82, 2.24) is 14.8 Å². The summed E-state index contributed by atoms with van der Waals surface area (Å²) < 4.78 is 55.8. The maximum absolute atomic E-state index is 14.6. The van der Waals surface area contributed by atoms with E-state index in [1.165, 1.54) is 12.1 Å². The Kier molecular flexibility index (Phi) is 5.37. The van der Waals surface area contributed by atoms with Gasteiger partial charge in [-0.05, 0) is 38.1 Å². The molecule has 0 bridgehead atoms. The number of oxime groups is 1. The van der Waals surface area contributed by atoms with Gasteiger partial charge in [0, 0.05) is 5.56 Å². The molecule has 2 rings (SSSR count). The van der Waals surface area contributed by atoms with Gasteiger partial charge in [-0.25, -0.2) is 14.1 Å². The third-order valence-electron chi connectivity index (χ3n) is 2.64. The fourth-order valence-electron chi connectivity index (χ4n) is 1.68. The number of hydrogen-bond acceptors (Lipinski definition) is 5. The van der Waals surface area contributed by atoms with Crippen LogP contribution >= 0.6 is 0 Å². The summed E-state index contributed by atoms with van der Waals surface area (Å²) in [6, 6.07) is 4.60. The molecule has 1 aromatic heterocycles. The molecule has 6 nitrogen and oxygen atoms in total. The Morgan fingerprint density at radius 1 is 1.21 bits per heavy atom. The smallest absolute Gasteiger partial charge is 0.406 e. The number of nitrogens with zero attached hydrogens (tertiary/aromatic N) is 4. The molecular formula is C14H14F4N4O2. The molecule has 2 aromatic rings. The summed E-state index contributed by atoms with van der Waals surface area (Å²) in [5, 5.41) is 7.42. The van der Waals surface area contributed by atoms with Crippen molar-refractivity contribution in [2.24, 2.45) is 5.16 Å². The first kappa shape index (κ1) is 17.7. The number of hydrogen-bond donors (Lipinski definition) is 0. The Hall–Kier alpha value is -2.65. The van der Waals surface area contributed by atoms with E-state index in [1.807, 2.05) is 0 Å². The monoisotopic (exact) mass is 346 g/mol.